The number of ether oxygens (including phenoxy) is 1. The van der Waals surface area contributed by atoms with Crippen LogP contribution < -0.4 is 5.11 Å². The van der Waals surface area contributed by atoms with E-state index in [1.54, 1.807) is 12.1 Å². The minimum absolute atomic E-state index is 0.00391. The largest absolute Gasteiger partial charge is 0.542 e. The minimum Gasteiger partial charge on any atom is -0.542 e. The Morgan fingerprint density at radius 1 is 0.894 bits per heavy atom. The summed E-state index contributed by atoms with van der Waals surface area (Å²) >= 11 is 0. The van der Waals surface area contributed by atoms with Crippen LogP contribution in [0.4, 0.5) is 30.7 Å². The van der Waals surface area contributed by atoms with Gasteiger partial charge in [-0.2, -0.15) is 26.3 Å². The van der Waals surface area contributed by atoms with E-state index in [1.807, 2.05) is 30.3 Å². The molecule has 8 nitrogen and oxygen atoms in total. The zero-order valence-electron chi connectivity index (χ0n) is 25.4. The van der Waals surface area contributed by atoms with Gasteiger partial charge >= 0.3 is 24.3 Å². The predicted octanol–water partition coefficient (Wildman–Crippen LogP) is 4.68. The normalized spacial score (nSPS) is 23.3. The highest BCUT2D eigenvalue weighted by Gasteiger charge is 2.48. The summed E-state index contributed by atoms with van der Waals surface area (Å²) in [6.07, 6.45) is -3.55. The number of halogens is 7. The van der Waals surface area contributed by atoms with Crippen molar-refractivity contribution in [2.75, 3.05) is 39.3 Å². The Hall–Kier alpha value is -3.72. The number of alkyl halides is 6. The van der Waals surface area contributed by atoms with Gasteiger partial charge in [0.05, 0.1) is 19.6 Å². The minimum atomic E-state index is -5.19. The first-order valence-electron chi connectivity index (χ1n) is 15.2. The molecule has 2 aromatic rings. The molecule has 6 rings (SSSR count). The second-order valence-electron chi connectivity index (χ2n) is 11.9. The third kappa shape index (κ3) is 11.5. The van der Waals surface area contributed by atoms with E-state index >= 15 is 0 Å². The van der Waals surface area contributed by atoms with E-state index in [0.717, 1.165) is 81.4 Å². The molecule has 15 heteroatoms. The van der Waals surface area contributed by atoms with Gasteiger partial charge in [-0.3, -0.25) is 4.90 Å². The lowest BCUT2D eigenvalue weighted by molar-refractivity contribution is -0.946. The quantitative estimate of drug-likeness (QED) is 0.258. The fourth-order valence-electron chi connectivity index (χ4n) is 6.21. The molecule has 2 atom stereocenters. The van der Waals surface area contributed by atoms with Crippen molar-refractivity contribution >= 4 is 17.9 Å². The number of quaternary nitrogens is 1. The fraction of sp³-hybridized carbons (Fsp3) is 0.531. The standard InChI is InChI=1S/C28H36FN2O2.2C2HF3O2/c29-25-11-9-22(10-12-25)13-18-31-19-14-23(15-20-31)26(21-31)33-28(32)27(24-7-3-1-4-8-24)30-16-5-2-6-17-30;2*3-2(4,5)1(6)7/h1,3-4,7-12,23,26-27H,2,5-6,13-21H2;2*(H,6,7)/q+1;;/p-1/t23?,26-,27?,31?;;/m0../s1. The average molecular weight is 679 g/mol. The van der Waals surface area contributed by atoms with Crippen LogP contribution in [0.5, 0.6) is 0 Å². The molecule has 4 saturated heterocycles. The summed E-state index contributed by atoms with van der Waals surface area (Å²) in [6.45, 7) is 6.18. The van der Waals surface area contributed by atoms with Crippen molar-refractivity contribution in [2.45, 2.75) is 63.0 Å². The summed E-state index contributed by atoms with van der Waals surface area (Å²) < 4.78 is 83.9. The van der Waals surface area contributed by atoms with Gasteiger partial charge in [0.25, 0.3) is 0 Å². The van der Waals surface area contributed by atoms with Gasteiger partial charge < -0.3 is 24.2 Å². The number of rotatable bonds is 7. The van der Waals surface area contributed by atoms with E-state index in [0.29, 0.717) is 5.92 Å². The maximum absolute atomic E-state index is 13.6. The summed E-state index contributed by atoms with van der Waals surface area (Å²) in [5, 5.41) is 15.9. The summed E-state index contributed by atoms with van der Waals surface area (Å²) in [5.41, 5.74) is 2.23. The molecule has 4 aliphatic rings. The van der Waals surface area contributed by atoms with Crippen molar-refractivity contribution in [3.8, 4) is 0 Å². The van der Waals surface area contributed by atoms with Crippen LogP contribution in [0, 0.1) is 11.7 Å². The zero-order chi connectivity index (χ0) is 34.8. The Morgan fingerprint density at radius 2 is 1.43 bits per heavy atom. The molecule has 1 unspecified atom stereocenters. The van der Waals surface area contributed by atoms with Crippen LogP contribution in [0.2, 0.25) is 0 Å². The van der Waals surface area contributed by atoms with E-state index in [9.17, 15) is 35.5 Å². The number of benzene rings is 2. The number of carboxylic acids is 2. The molecule has 4 heterocycles. The molecule has 1 N–H and O–H groups in total. The Morgan fingerprint density at radius 3 is 1.91 bits per heavy atom. The number of carbonyl (C=O) groups excluding carboxylic acids is 2. The number of fused-ring (bicyclic) bond motifs is 3. The van der Waals surface area contributed by atoms with Gasteiger partial charge in [-0.25, -0.2) is 14.0 Å². The van der Waals surface area contributed by atoms with E-state index < -0.39 is 24.3 Å². The van der Waals surface area contributed by atoms with Gasteiger partial charge in [0.1, 0.15) is 24.4 Å². The highest BCUT2D eigenvalue weighted by atomic mass is 19.4. The molecule has 260 valence electrons. The second kappa shape index (κ2) is 16.4. The monoisotopic (exact) mass is 678 g/mol. The number of carbonyl (C=O) groups is 3. The molecular formula is C32H37F7N2O6. The summed E-state index contributed by atoms with van der Waals surface area (Å²) in [5.74, 6) is -5.53. The van der Waals surface area contributed by atoms with Crippen molar-refractivity contribution in [3.05, 3.63) is 71.5 Å². The highest BCUT2D eigenvalue weighted by molar-refractivity contribution is 5.78. The molecule has 0 aromatic heterocycles. The van der Waals surface area contributed by atoms with Crippen LogP contribution in [0.3, 0.4) is 0 Å². The third-order valence-electron chi connectivity index (χ3n) is 8.67. The number of nitrogens with zero attached hydrogens (tertiary/aromatic N) is 2. The van der Waals surface area contributed by atoms with Crippen molar-refractivity contribution in [1.82, 2.24) is 4.90 Å². The van der Waals surface area contributed by atoms with E-state index in [-0.39, 0.29) is 23.9 Å². The molecule has 4 aliphatic heterocycles. The molecule has 47 heavy (non-hydrogen) atoms. The molecular weight excluding hydrogens is 641 g/mol. The van der Waals surface area contributed by atoms with Gasteiger partial charge in [0.2, 0.25) is 0 Å². The second-order valence-corrected chi connectivity index (χ2v) is 11.9. The Labute approximate surface area is 267 Å². The van der Waals surface area contributed by atoms with E-state index in [4.69, 9.17) is 24.5 Å². The highest BCUT2D eigenvalue weighted by Crippen LogP contribution is 2.37. The van der Waals surface area contributed by atoms with E-state index in [1.165, 1.54) is 12.0 Å². The Kier molecular flexibility index (Phi) is 13.2. The van der Waals surface area contributed by atoms with Crippen LogP contribution in [-0.4, -0.2) is 90.1 Å². The lowest BCUT2D eigenvalue weighted by atomic mass is 9.83. The number of esters is 1. The van der Waals surface area contributed by atoms with Crippen LogP contribution in [0.1, 0.15) is 49.3 Å². The first-order valence-corrected chi connectivity index (χ1v) is 15.2. The number of hydrogen-bond donors (Lipinski definition) is 1. The molecule has 4 fully saturated rings. The van der Waals surface area contributed by atoms with Crippen molar-refractivity contribution in [3.63, 3.8) is 0 Å². The number of aliphatic carboxylic acids is 2. The van der Waals surface area contributed by atoms with Crippen LogP contribution in [0.15, 0.2) is 54.6 Å². The predicted molar refractivity (Wildman–Crippen MR) is 152 cm³/mol. The maximum Gasteiger partial charge on any atom is 0.490 e. The molecule has 2 aromatic carbocycles. The van der Waals surface area contributed by atoms with Crippen LogP contribution in [0.25, 0.3) is 0 Å². The fourth-order valence-corrected chi connectivity index (χ4v) is 6.21. The summed E-state index contributed by atoms with van der Waals surface area (Å²) in [4.78, 5) is 33.6. The SMILES string of the molecule is O=C(O)C(F)(F)F.O=C(O[C@H]1C[N+]2(CCc3ccc(F)cc3)CCC1CC2)C(c1ccccc1)N1CCCCC1.O=C([O-])C(F)(F)F. The Bertz CT molecular complexity index is 1280. The topological polar surface area (TPSA) is 107 Å². The van der Waals surface area contributed by atoms with Crippen molar-refractivity contribution in [2.24, 2.45) is 5.92 Å². The molecule has 0 saturated carbocycles. The van der Waals surface area contributed by atoms with Crippen LogP contribution in [-0.2, 0) is 25.5 Å². The summed E-state index contributed by atoms with van der Waals surface area (Å²) in [6, 6.07) is 16.8. The van der Waals surface area contributed by atoms with Crippen molar-refractivity contribution < 1.29 is 64.5 Å². The van der Waals surface area contributed by atoms with Gasteiger partial charge in [0, 0.05) is 25.2 Å². The summed E-state index contributed by atoms with van der Waals surface area (Å²) in [7, 11) is 0. The third-order valence-corrected chi connectivity index (χ3v) is 8.67. The average Bonchev–Trinajstić information content (AvgIpc) is 3.02. The zero-order valence-corrected chi connectivity index (χ0v) is 25.4. The van der Waals surface area contributed by atoms with E-state index in [2.05, 4.69) is 17.0 Å². The number of likely N-dealkylation sites (tertiary alicyclic amines) is 1. The Balaban J connectivity index is 0.000000360. The molecule has 0 radical (unpaired) electrons. The number of hydrogen-bond acceptors (Lipinski definition) is 6. The first-order chi connectivity index (χ1) is 22.0. The molecule has 0 spiro atoms. The first kappa shape index (κ1) is 37.7. The molecule has 0 aliphatic carbocycles. The van der Waals surface area contributed by atoms with Gasteiger partial charge in [-0.15, -0.1) is 0 Å². The molecule has 0 amide bonds. The number of piperidine rings is 4. The van der Waals surface area contributed by atoms with Gasteiger partial charge in [-0.1, -0.05) is 48.9 Å². The van der Waals surface area contributed by atoms with Gasteiger partial charge in [0.15, 0.2) is 6.10 Å². The maximum atomic E-state index is 13.6. The lowest BCUT2D eigenvalue weighted by Crippen LogP contribution is -2.65. The lowest BCUT2D eigenvalue weighted by Gasteiger charge is -2.52. The molecule has 2 bridgehead atoms. The van der Waals surface area contributed by atoms with Gasteiger partial charge in [-0.05, 0) is 49.2 Å². The van der Waals surface area contributed by atoms with Crippen molar-refractivity contribution in [1.29, 1.82) is 0 Å². The van der Waals surface area contributed by atoms with Crippen LogP contribution >= 0.6 is 0 Å². The smallest absolute Gasteiger partial charge is 0.490 e. The number of carboxylic acid groups (broad SMARTS) is 2.